The fourth-order valence-corrected chi connectivity index (χ4v) is 3.47. The maximum absolute atomic E-state index is 14.1. The molecule has 0 aromatic heterocycles. The average molecular weight is 397 g/mol. The lowest BCUT2D eigenvalue weighted by molar-refractivity contribution is -0.139. The van der Waals surface area contributed by atoms with Gasteiger partial charge >= 0.3 is 5.97 Å². The van der Waals surface area contributed by atoms with E-state index in [9.17, 15) is 18.4 Å². The van der Waals surface area contributed by atoms with E-state index in [1.165, 1.54) is 17.0 Å². The van der Waals surface area contributed by atoms with Crippen molar-refractivity contribution in [3.63, 3.8) is 0 Å². The number of ether oxygens (including phenoxy) is 1. The van der Waals surface area contributed by atoms with E-state index in [4.69, 9.17) is 4.74 Å². The standard InChI is InChI=1S/C23H21F2NO3/c1-3-11-29-23(28)22-15(2)26(14-17-9-10-18(24)12-20(17)25)21(27)13-19(22)16-7-5-4-6-8-16/h3-10,12,19H,1,11,13-14H2,2H3/t19-/m0/s1. The van der Waals surface area contributed by atoms with Gasteiger partial charge in [-0.05, 0) is 18.6 Å². The topological polar surface area (TPSA) is 46.6 Å². The zero-order valence-corrected chi connectivity index (χ0v) is 16.0. The van der Waals surface area contributed by atoms with E-state index in [-0.39, 0.29) is 31.0 Å². The SMILES string of the molecule is C=CCOC(=O)C1=C(C)N(Cc2ccc(F)cc2F)C(=O)C[C@H]1c1ccccc1. The molecule has 150 valence electrons. The number of carbonyl (C=O) groups is 2. The molecule has 0 spiro atoms. The van der Waals surface area contributed by atoms with Crippen LogP contribution in [-0.2, 0) is 20.9 Å². The molecule has 6 heteroatoms. The van der Waals surface area contributed by atoms with Crippen LogP contribution in [0.15, 0.2) is 72.5 Å². The zero-order valence-electron chi connectivity index (χ0n) is 16.0. The van der Waals surface area contributed by atoms with Crippen LogP contribution in [0.1, 0.15) is 30.4 Å². The van der Waals surface area contributed by atoms with Crippen molar-refractivity contribution in [3.05, 3.63) is 95.2 Å². The summed E-state index contributed by atoms with van der Waals surface area (Å²) in [5.41, 5.74) is 1.72. The molecule has 0 aliphatic carbocycles. The summed E-state index contributed by atoms with van der Waals surface area (Å²) in [7, 11) is 0. The van der Waals surface area contributed by atoms with Crippen molar-refractivity contribution < 1.29 is 23.1 Å². The molecule has 2 aromatic carbocycles. The van der Waals surface area contributed by atoms with Crippen molar-refractivity contribution in [2.24, 2.45) is 0 Å². The molecule has 0 saturated carbocycles. The summed E-state index contributed by atoms with van der Waals surface area (Å²) < 4.78 is 32.6. The molecule has 0 fully saturated rings. The van der Waals surface area contributed by atoms with Crippen molar-refractivity contribution in [2.45, 2.75) is 25.8 Å². The Morgan fingerprint density at radius 3 is 2.62 bits per heavy atom. The third kappa shape index (κ3) is 4.42. The molecule has 0 unspecified atom stereocenters. The zero-order chi connectivity index (χ0) is 21.0. The number of carbonyl (C=O) groups excluding carboxylic acids is 2. The highest BCUT2D eigenvalue weighted by molar-refractivity contribution is 5.95. The van der Waals surface area contributed by atoms with Gasteiger partial charge in [0.2, 0.25) is 5.91 Å². The van der Waals surface area contributed by atoms with Crippen LogP contribution in [0.3, 0.4) is 0 Å². The molecule has 1 aliphatic rings. The number of esters is 1. The monoisotopic (exact) mass is 397 g/mol. The summed E-state index contributed by atoms with van der Waals surface area (Å²) in [6.07, 6.45) is 1.51. The van der Waals surface area contributed by atoms with Gasteiger partial charge in [-0.15, -0.1) is 0 Å². The lowest BCUT2D eigenvalue weighted by Gasteiger charge is -2.34. The molecular formula is C23H21F2NO3. The highest BCUT2D eigenvalue weighted by Gasteiger charge is 2.37. The van der Waals surface area contributed by atoms with Gasteiger partial charge in [-0.2, -0.15) is 0 Å². The fraction of sp³-hybridized carbons (Fsp3) is 0.217. The first-order valence-corrected chi connectivity index (χ1v) is 9.20. The minimum Gasteiger partial charge on any atom is -0.458 e. The molecule has 4 nitrogen and oxygen atoms in total. The summed E-state index contributed by atoms with van der Waals surface area (Å²) >= 11 is 0. The average Bonchev–Trinajstić information content (AvgIpc) is 2.71. The number of halogens is 2. The lowest BCUT2D eigenvalue weighted by Crippen LogP contribution is -2.38. The van der Waals surface area contributed by atoms with Crippen molar-refractivity contribution >= 4 is 11.9 Å². The molecule has 2 aromatic rings. The molecule has 1 atom stereocenters. The molecule has 3 rings (SSSR count). The van der Waals surface area contributed by atoms with Crippen LogP contribution in [0.4, 0.5) is 8.78 Å². The van der Waals surface area contributed by atoms with Gasteiger partial charge in [0.05, 0.1) is 12.1 Å². The number of benzene rings is 2. The summed E-state index contributed by atoms with van der Waals surface area (Å²) in [6, 6.07) is 12.4. The Morgan fingerprint density at radius 2 is 1.97 bits per heavy atom. The second-order valence-electron chi connectivity index (χ2n) is 6.77. The summed E-state index contributed by atoms with van der Waals surface area (Å²) in [4.78, 5) is 27.0. The Kier molecular flexibility index (Phi) is 6.22. The normalized spacial score (nSPS) is 16.7. The van der Waals surface area contributed by atoms with E-state index < -0.39 is 23.5 Å². The van der Waals surface area contributed by atoms with Gasteiger partial charge in [0, 0.05) is 29.7 Å². The van der Waals surface area contributed by atoms with Crippen molar-refractivity contribution in [1.82, 2.24) is 4.90 Å². The minimum absolute atomic E-state index is 0.0393. The first-order valence-electron chi connectivity index (χ1n) is 9.20. The maximum atomic E-state index is 14.1. The third-order valence-electron chi connectivity index (χ3n) is 4.92. The predicted octanol–water partition coefficient (Wildman–Crippen LogP) is 4.48. The van der Waals surface area contributed by atoms with Crippen molar-refractivity contribution in [2.75, 3.05) is 6.61 Å². The summed E-state index contributed by atoms with van der Waals surface area (Å²) in [6.45, 7) is 5.12. The quantitative estimate of drug-likeness (QED) is 0.533. The number of allylic oxidation sites excluding steroid dienone is 1. The molecule has 0 bridgehead atoms. The van der Waals surface area contributed by atoms with Gasteiger partial charge in [-0.3, -0.25) is 4.79 Å². The molecule has 1 amide bonds. The van der Waals surface area contributed by atoms with E-state index in [1.54, 1.807) is 6.92 Å². The van der Waals surface area contributed by atoms with Gasteiger partial charge in [0.25, 0.3) is 0 Å². The van der Waals surface area contributed by atoms with Gasteiger partial charge in [-0.1, -0.05) is 49.1 Å². The highest BCUT2D eigenvalue weighted by Crippen LogP contribution is 2.37. The second-order valence-corrected chi connectivity index (χ2v) is 6.77. The fourth-order valence-electron chi connectivity index (χ4n) is 3.47. The van der Waals surface area contributed by atoms with Gasteiger partial charge in [-0.25, -0.2) is 13.6 Å². The van der Waals surface area contributed by atoms with Crippen LogP contribution in [0.5, 0.6) is 0 Å². The van der Waals surface area contributed by atoms with Crippen molar-refractivity contribution in [3.8, 4) is 0 Å². The summed E-state index contributed by atoms with van der Waals surface area (Å²) in [5, 5.41) is 0. The molecule has 0 radical (unpaired) electrons. The molecule has 0 N–H and O–H groups in total. The molecular weight excluding hydrogens is 376 g/mol. The smallest absolute Gasteiger partial charge is 0.336 e. The number of hydrogen-bond donors (Lipinski definition) is 0. The Bertz CT molecular complexity index is 969. The number of nitrogens with zero attached hydrogens (tertiary/aromatic N) is 1. The number of hydrogen-bond acceptors (Lipinski definition) is 3. The van der Waals surface area contributed by atoms with Gasteiger partial charge in [0.15, 0.2) is 0 Å². The molecule has 1 heterocycles. The Balaban J connectivity index is 2.02. The number of rotatable bonds is 6. The Hall–Kier alpha value is -3.28. The Labute approximate surface area is 168 Å². The second kappa shape index (κ2) is 8.82. The van der Waals surface area contributed by atoms with Crippen LogP contribution in [-0.4, -0.2) is 23.4 Å². The van der Waals surface area contributed by atoms with E-state index in [0.717, 1.165) is 17.7 Å². The molecule has 29 heavy (non-hydrogen) atoms. The lowest BCUT2D eigenvalue weighted by atomic mass is 9.83. The van der Waals surface area contributed by atoms with Gasteiger partial charge < -0.3 is 9.64 Å². The largest absolute Gasteiger partial charge is 0.458 e. The Morgan fingerprint density at radius 1 is 1.24 bits per heavy atom. The first kappa shape index (κ1) is 20.5. The van der Waals surface area contributed by atoms with E-state index in [0.29, 0.717) is 11.3 Å². The van der Waals surface area contributed by atoms with E-state index in [1.807, 2.05) is 30.3 Å². The highest BCUT2D eigenvalue weighted by atomic mass is 19.1. The first-order chi connectivity index (χ1) is 13.9. The van der Waals surface area contributed by atoms with Crippen LogP contribution >= 0.6 is 0 Å². The van der Waals surface area contributed by atoms with Crippen molar-refractivity contribution in [1.29, 1.82) is 0 Å². The van der Waals surface area contributed by atoms with Crippen LogP contribution < -0.4 is 0 Å². The summed E-state index contributed by atoms with van der Waals surface area (Å²) in [5.74, 6) is -2.70. The van der Waals surface area contributed by atoms with Crippen LogP contribution in [0.25, 0.3) is 0 Å². The predicted molar refractivity (Wildman–Crippen MR) is 105 cm³/mol. The molecule has 1 aliphatic heterocycles. The minimum atomic E-state index is -0.744. The van der Waals surface area contributed by atoms with Gasteiger partial charge in [0.1, 0.15) is 18.2 Å². The third-order valence-corrected chi connectivity index (χ3v) is 4.92. The van der Waals surface area contributed by atoms with Crippen LogP contribution in [0, 0.1) is 11.6 Å². The maximum Gasteiger partial charge on any atom is 0.336 e. The van der Waals surface area contributed by atoms with E-state index in [2.05, 4.69) is 6.58 Å². The molecule has 0 saturated heterocycles. The number of amides is 1. The van der Waals surface area contributed by atoms with E-state index >= 15 is 0 Å². The van der Waals surface area contributed by atoms with Crippen LogP contribution in [0.2, 0.25) is 0 Å².